The van der Waals surface area contributed by atoms with Crippen molar-refractivity contribution in [1.29, 1.82) is 0 Å². The summed E-state index contributed by atoms with van der Waals surface area (Å²) in [6.45, 7) is 4.68. The van der Waals surface area contributed by atoms with Crippen molar-refractivity contribution in [2.75, 3.05) is 0 Å². The summed E-state index contributed by atoms with van der Waals surface area (Å²) in [5.41, 5.74) is 1.49. The molecule has 0 aliphatic rings. The highest BCUT2D eigenvalue weighted by molar-refractivity contribution is 6.08. The van der Waals surface area contributed by atoms with Crippen LogP contribution >= 0.6 is 0 Å². The van der Waals surface area contributed by atoms with E-state index in [2.05, 4.69) is 44.2 Å². The number of benzene rings is 1. The van der Waals surface area contributed by atoms with Crippen molar-refractivity contribution in [2.45, 2.75) is 25.0 Å². The zero-order chi connectivity index (χ0) is 8.97. The van der Waals surface area contributed by atoms with Crippen LogP contribution in [0.4, 0.5) is 0 Å². The summed E-state index contributed by atoms with van der Waals surface area (Å²) in [4.78, 5) is 0. The average molecular weight is 176 g/mol. The molecule has 64 valence electrons. The van der Waals surface area contributed by atoms with Gasteiger partial charge in [-0.1, -0.05) is 49.5 Å². The van der Waals surface area contributed by atoms with Crippen molar-refractivity contribution in [3.05, 3.63) is 35.9 Å². The molecular weight excluding hydrogens is 159 g/mol. The van der Waals surface area contributed by atoms with Crippen LogP contribution in [0.5, 0.6) is 0 Å². The fraction of sp³-hybridized carbons (Fsp3) is 0.455. The molecule has 1 rings (SSSR count). The van der Waals surface area contributed by atoms with Crippen LogP contribution in [-0.2, 0) is 0 Å². The molecule has 0 aliphatic carbocycles. The second kappa shape index (κ2) is 4.70. The van der Waals surface area contributed by atoms with Crippen molar-refractivity contribution in [2.24, 2.45) is 5.92 Å². The Labute approximate surface area is 83.4 Å². The third kappa shape index (κ3) is 2.37. The van der Waals surface area contributed by atoms with Gasteiger partial charge in [-0.05, 0) is 17.4 Å². The molecule has 0 bridgehead atoms. The molecule has 0 saturated heterocycles. The van der Waals surface area contributed by atoms with Gasteiger partial charge in [-0.3, -0.25) is 0 Å². The van der Waals surface area contributed by atoms with Gasteiger partial charge >= 0.3 is 0 Å². The molecule has 1 heteroatoms. The maximum Gasteiger partial charge on any atom is 0.212 e. The van der Waals surface area contributed by atoms with E-state index >= 15 is 0 Å². The Morgan fingerprint density at radius 3 is 2.25 bits per heavy atom. The normalized spacial score (nSPS) is 15.5. The van der Waals surface area contributed by atoms with Crippen LogP contribution in [0.15, 0.2) is 30.3 Å². The highest BCUT2D eigenvalue weighted by atomic mass is 27.0. The van der Waals surface area contributed by atoms with E-state index in [0.717, 1.165) is 11.8 Å². The number of rotatable bonds is 3. The third-order valence-corrected chi connectivity index (χ3v) is 4.11. The van der Waals surface area contributed by atoms with Crippen LogP contribution in [-0.4, -0.2) is 16.3 Å². The van der Waals surface area contributed by atoms with E-state index in [-0.39, 0.29) is 0 Å². The first-order valence-electron chi connectivity index (χ1n) is 4.80. The fourth-order valence-corrected chi connectivity index (χ4v) is 2.15. The average Bonchev–Trinajstić information content (AvgIpc) is 2.17. The summed E-state index contributed by atoms with van der Waals surface area (Å²) in [5.74, 6) is 1.57. The highest BCUT2D eigenvalue weighted by Crippen LogP contribution is 2.25. The Morgan fingerprint density at radius 2 is 1.75 bits per heavy atom. The molecule has 12 heavy (non-hydrogen) atoms. The van der Waals surface area contributed by atoms with E-state index in [1.807, 2.05) is 0 Å². The highest BCUT2D eigenvalue weighted by Gasteiger charge is 2.10. The minimum Gasteiger partial charge on any atom is -0.0982 e. The SMILES string of the molecule is CC([CH2][AlH2])C(C)c1ccccc1. The summed E-state index contributed by atoms with van der Waals surface area (Å²) in [6, 6.07) is 10.8. The van der Waals surface area contributed by atoms with Crippen LogP contribution in [0.25, 0.3) is 0 Å². The van der Waals surface area contributed by atoms with Crippen LogP contribution < -0.4 is 0 Å². The summed E-state index contributed by atoms with van der Waals surface area (Å²) >= 11 is 1.32. The Hall–Kier alpha value is -0.248. The maximum absolute atomic E-state index is 2.35. The minimum absolute atomic E-state index is 0.726. The van der Waals surface area contributed by atoms with E-state index in [1.165, 1.54) is 27.1 Å². The summed E-state index contributed by atoms with van der Waals surface area (Å²) in [6.07, 6.45) is 0. The standard InChI is InChI=1S/C11H15.Al.2H/c1-9(2)10(3)11-7-5-4-6-8-11;;;/h4-10H,1H2,2-3H3;;;. The zero-order valence-electron chi connectivity index (χ0n) is 8.25. The molecular formula is C11H17Al. The molecule has 1 aromatic rings. The molecule has 0 heterocycles. The number of hydrogen-bond acceptors (Lipinski definition) is 0. The Kier molecular flexibility index (Phi) is 3.85. The first kappa shape index (κ1) is 9.84. The zero-order valence-corrected chi connectivity index (χ0v) is 10.2. The van der Waals surface area contributed by atoms with Crippen molar-refractivity contribution in [3.8, 4) is 0 Å². The Morgan fingerprint density at radius 1 is 1.17 bits per heavy atom. The molecule has 0 saturated carbocycles. The van der Waals surface area contributed by atoms with Gasteiger partial charge in [-0.2, -0.15) is 0 Å². The van der Waals surface area contributed by atoms with E-state index < -0.39 is 0 Å². The van der Waals surface area contributed by atoms with Crippen molar-refractivity contribution in [1.82, 2.24) is 0 Å². The largest absolute Gasteiger partial charge is 0.212 e. The lowest BCUT2D eigenvalue weighted by atomic mass is 9.90. The Balaban J connectivity index is 2.71. The Bertz CT molecular complexity index is 218. The van der Waals surface area contributed by atoms with Gasteiger partial charge in [0.2, 0.25) is 16.3 Å². The van der Waals surface area contributed by atoms with Crippen LogP contribution in [0.2, 0.25) is 5.28 Å². The molecule has 0 fully saturated rings. The van der Waals surface area contributed by atoms with Gasteiger partial charge in [-0.15, -0.1) is 0 Å². The van der Waals surface area contributed by atoms with Gasteiger partial charge < -0.3 is 0 Å². The predicted molar refractivity (Wildman–Crippen MR) is 57.4 cm³/mol. The molecule has 0 aliphatic heterocycles. The molecule has 0 N–H and O–H groups in total. The molecule has 0 nitrogen and oxygen atoms in total. The van der Waals surface area contributed by atoms with Gasteiger partial charge in [0.25, 0.3) is 0 Å². The molecule has 0 radical (unpaired) electrons. The summed E-state index contributed by atoms with van der Waals surface area (Å²) in [5, 5.41) is 1.40. The summed E-state index contributed by atoms with van der Waals surface area (Å²) in [7, 11) is 0. The second-order valence-electron chi connectivity index (χ2n) is 3.58. The molecule has 0 aromatic heterocycles. The topological polar surface area (TPSA) is 0 Å². The fourth-order valence-electron chi connectivity index (χ4n) is 1.44. The van der Waals surface area contributed by atoms with Gasteiger partial charge in [0.15, 0.2) is 0 Å². The quantitative estimate of drug-likeness (QED) is 0.621. The first-order chi connectivity index (χ1) is 5.75. The van der Waals surface area contributed by atoms with Crippen LogP contribution in [0.1, 0.15) is 25.3 Å². The van der Waals surface area contributed by atoms with Crippen molar-refractivity contribution in [3.63, 3.8) is 0 Å². The van der Waals surface area contributed by atoms with Gasteiger partial charge in [0.1, 0.15) is 0 Å². The molecule has 0 spiro atoms. The summed E-state index contributed by atoms with van der Waals surface area (Å²) < 4.78 is 0. The van der Waals surface area contributed by atoms with E-state index in [9.17, 15) is 0 Å². The second-order valence-corrected chi connectivity index (χ2v) is 4.40. The smallest absolute Gasteiger partial charge is 0.0982 e. The lowest BCUT2D eigenvalue weighted by Gasteiger charge is -2.18. The van der Waals surface area contributed by atoms with Crippen LogP contribution in [0.3, 0.4) is 0 Å². The maximum atomic E-state index is 2.35. The van der Waals surface area contributed by atoms with E-state index in [1.54, 1.807) is 0 Å². The lowest BCUT2D eigenvalue weighted by Crippen LogP contribution is -2.05. The van der Waals surface area contributed by atoms with E-state index in [4.69, 9.17) is 0 Å². The molecule has 1 aromatic carbocycles. The monoisotopic (exact) mass is 176 g/mol. The van der Waals surface area contributed by atoms with Gasteiger partial charge in [0.05, 0.1) is 0 Å². The minimum atomic E-state index is 0.726. The van der Waals surface area contributed by atoms with Crippen molar-refractivity contribution < 1.29 is 0 Å². The lowest BCUT2D eigenvalue weighted by molar-refractivity contribution is 0.535. The third-order valence-electron chi connectivity index (χ3n) is 2.82. The molecule has 2 unspecified atom stereocenters. The molecule has 2 atom stereocenters. The van der Waals surface area contributed by atoms with Crippen molar-refractivity contribution >= 4 is 16.3 Å². The predicted octanol–water partition coefficient (Wildman–Crippen LogP) is 2.48. The molecule has 0 amide bonds. The van der Waals surface area contributed by atoms with E-state index in [0.29, 0.717) is 0 Å². The number of hydrogen-bond donors (Lipinski definition) is 0. The first-order valence-corrected chi connectivity index (χ1v) is 6.22. The van der Waals surface area contributed by atoms with Crippen LogP contribution in [0, 0.1) is 5.92 Å². The van der Waals surface area contributed by atoms with Gasteiger partial charge in [0, 0.05) is 0 Å². The van der Waals surface area contributed by atoms with Gasteiger partial charge in [-0.25, -0.2) is 0 Å².